The highest BCUT2D eigenvalue weighted by Crippen LogP contribution is 2.22. The fourth-order valence-corrected chi connectivity index (χ4v) is 4.81. The van der Waals surface area contributed by atoms with Gasteiger partial charge in [-0.05, 0) is 87.4 Å². The van der Waals surface area contributed by atoms with Gasteiger partial charge in [-0.2, -0.15) is 4.31 Å². The van der Waals surface area contributed by atoms with Crippen LogP contribution in [0.1, 0.15) is 37.0 Å². The molecule has 9 heteroatoms. The Morgan fingerprint density at radius 1 is 1.03 bits per heavy atom. The molecule has 0 atom stereocenters. The maximum atomic E-state index is 12.6. The molecule has 0 saturated carbocycles. The van der Waals surface area contributed by atoms with Crippen LogP contribution in [-0.4, -0.2) is 42.9 Å². The first-order valence-electron chi connectivity index (χ1n) is 9.75. The molecule has 0 bridgehead atoms. The number of nitrogens with zero attached hydrogens (tertiary/aromatic N) is 1. The maximum Gasteiger partial charge on any atom is 0.257 e. The summed E-state index contributed by atoms with van der Waals surface area (Å²) in [5.74, 6) is 0.336. The minimum absolute atomic E-state index is 0.0539. The molecule has 1 heterocycles. The van der Waals surface area contributed by atoms with Gasteiger partial charge in [-0.1, -0.05) is 0 Å². The average molecular weight is 448 g/mol. The highest BCUT2D eigenvalue weighted by molar-refractivity contribution is 7.89. The molecule has 0 spiro atoms. The van der Waals surface area contributed by atoms with Crippen molar-refractivity contribution in [1.82, 2.24) is 9.62 Å². The first kappa shape index (κ1) is 22.2. The van der Waals surface area contributed by atoms with Crippen molar-refractivity contribution in [3.8, 4) is 5.75 Å². The number of sulfonamides is 1. The van der Waals surface area contributed by atoms with Crippen LogP contribution in [0, 0.1) is 0 Å². The van der Waals surface area contributed by atoms with Gasteiger partial charge in [0.25, 0.3) is 5.91 Å². The Kier molecular flexibility index (Phi) is 7.06. The van der Waals surface area contributed by atoms with Crippen LogP contribution >= 0.6 is 12.2 Å². The minimum atomic E-state index is -3.46. The number of benzene rings is 2. The molecule has 2 N–H and O–H groups in total. The molecular formula is C21H25N3O4S2. The van der Waals surface area contributed by atoms with E-state index in [1.807, 2.05) is 13.8 Å². The van der Waals surface area contributed by atoms with Crippen LogP contribution in [0.3, 0.4) is 0 Å². The maximum absolute atomic E-state index is 12.6. The van der Waals surface area contributed by atoms with Crippen molar-refractivity contribution in [2.24, 2.45) is 0 Å². The molecule has 3 rings (SSSR count). The van der Waals surface area contributed by atoms with E-state index in [-0.39, 0.29) is 22.0 Å². The van der Waals surface area contributed by atoms with E-state index in [1.165, 1.54) is 16.4 Å². The van der Waals surface area contributed by atoms with E-state index in [9.17, 15) is 13.2 Å². The van der Waals surface area contributed by atoms with Gasteiger partial charge < -0.3 is 10.1 Å². The third kappa shape index (κ3) is 5.56. The number of ether oxygens (including phenoxy) is 1. The van der Waals surface area contributed by atoms with E-state index >= 15 is 0 Å². The van der Waals surface area contributed by atoms with Gasteiger partial charge in [0, 0.05) is 24.3 Å². The summed E-state index contributed by atoms with van der Waals surface area (Å²) >= 11 is 5.19. The molecule has 1 aliphatic heterocycles. The number of amides is 1. The monoisotopic (exact) mass is 447 g/mol. The van der Waals surface area contributed by atoms with Crippen LogP contribution in [-0.2, 0) is 10.0 Å². The number of anilines is 1. The van der Waals surface area contributed by atoms with Crippen LogP contribution in [0.15, 0.2) is 53.4 Å². The summed E-state index contributed by atoms with van der Waals surface area (Å²) in [7, 11) is -3.46. The first-order chi connectivity index (χ1) is 14.3. The molecular weight excluding hydrogens is 422 g/mol. The summed E-state index contributed by atoms with van der Waals surface area (Å²) in [6.07, 6.45) is 1.83. The summed E-state index contributed by atoms with van der Waals surface area (Å²) in [5.41, 5.74) is 1.03. The Morgan fingerprint density at radius 3 is 2.20 bits per heavy atom. The molecule has 1 fully saturated rings. The van der Waals surface area contributed by atoms with Gasteiger partial charge in [-0.25, -0.2) is 8.42 Å². The predicted octanol–water partition coefficient (Wildman–Crippen LogP) is 3.39. The van der Waals surface area contributed by atoms with Crippen molar-refractivity contribution < 1.29 is 17.9 Å². The van der Waals surface area contributed by atoms with Crippen molar-refractivity contribution in [1.29, 1.82) is 0 Å². The summed E-state index contributed by atoms with van der Waals surface area (Å²) in [4.78, 5) is 12.6. The van der Waals surface area contributed by atoms with E-state index in [0.717, 1.165) is 12.8 Å². The van der Waals surface area contributed by atoms with Gasteiger partial charge in [-0.3, -0.25) is 10.1 Å². The number of hydrogen-bond acceptors (Lipinski definition) is 5. The third-order valence-electron chi connectivity index (χ3n) is 4.53. The Morgan fingerprint density at radius 2 is 1.63 bits per heavy atom. The second kappa shape index (κ2) is 9.55. The zero-order chi connectivity index (χ0) is 21.7. The molecule has 160 valence electrons. The van der Waals surface area contributed by atoms with Crippen LogP contribution in [0.5, 0.6) is 5.75 Å². The lowest BCUT2D eigenvalue weighted by Crippen LogP contribution is -2.34. The summed E-state index contributed by atoms with van der Waals surface area (Å²) in [6.45, 7) is 4.98. The number of carbonyl (C=O) groups is 1. The average Bonchev–Trinajstić information content (AvgIpc) is 3.24. The lowest BCUT2D eigenvalue weighted by atomic mass is 10.2. The standard InChI is InChI=1S/C21H25N3O4S2/c1-15(2)28-18-9-5-16(6-10-18)20(25)23-21(29)22-17-7-11-19(12-8-17)30(26,27)24-13-3-4-14-24/h5-12,15H,3-4,13-14H2,1-2H3,(H2,22,23,25,29). The van der Waals surface area contributed by atoms with Crippen molar-refractivity contribution in [3.63, 3.8) is 0 Å². The third-order valence-corrected chi connectivity index (χ3v) is 6.65. The summed E-state index contributed by atoms with van der Waals surface area (Å²) in [6, 6.07) is 13.1. The minimum Gasteiger partial charge on any atom is -0.491 e. The Balaban J connectivity index is 1.57. The van der Waals surface area contributed by atoms with E-state index in [0.29, 0.717) is 30.1 Å². The molecule has 2 aromatic carbocycles. The van der Waals surface area contributed by atoms with Crippen molar-refractivity contribution in [3.05, 3.63) is 54.1 Å². The Hall–Kier alpha value is -2.49. The molecule has 2 aromatic rings. The molecule has 0 unspecified atom stereocenters. The van der Waals surface area contributed by atoms with Crippen molar-refractivity contribution >= 4 is 38.9 Å². The van der Waals surface area contributed by atoms with Gasteiger partial charge in [0.1, 0.15) is 5.75 Å². The number of carbonyl (C=O) groups excluding carboxylic acids is 1. The van der Waals surface area contributed by atoms with Gasteiger partial charge in [0.2, 0.25) is 10.0 Å². The Bertz CT molecular complexity index is 998. The quantitative estimate of drug-likeness (QED) is 0.660. The summed E-state index contributed by atoms with van der Waals surface area (Å²) in [5, 5.41) is 5.63. The van der Waals surface area contributed by atoms with Crippen molar-refractivity contribution in [2.75, 3.05) is 18.4 Å². The zero-order valence-electron chi connectivity index (χ0n) is 16.9. The SMILES string of the molecule is CC(C)Oc1ccc(C(=O)NC(=S)Nc2ccc(S(=O)(=O)N3CCCC3)cc2)cc1. The van der Waals surface area contributed by atoms with E-state index in [1.54, 1.807) is 36.4 Å². The van der Waals surface area contributed by atoms with E-state index < -0.39 is 10.0 Å². The van der Waals surface area contributed by atoms with Gasteiger partial charge in [0.05, 0.1) is 11.0 Å². The topological polar surface area (TPSA) is 87.7 Å². The van der Waals surface area contributed by atoms with Crippen LogP contribution < -0.4 is 15.4 Å². The molecule has 0 aromatic heterocycles. The fourth-order valence-electron chi connectivity index (χ4n) is 3.08. The lowest BCUT2D eigenvalue weighted by molar-refractivity contribution is 0.0977. The van der Waals surface area contributed by atoms with E-state index in [4.69, 9.17) is 17.0 Å². The largest absolute Gasteiger partial charge is 0.491 e. The summed E-state index contributed by atoms with van der Waals surface area (Å²) < 4.78 is 32.2. The van der Waals surface area contributed by atoms with Crippen molar-refractivity contribution in [2.45, 2.75) is 37.7 Å². The number of rotatable bonds is 6. The first-order valence-corrected chi connectivity index (χ1v) is 11.6. The normalized spacial score (nSPS) is 14.5. The van der Waals surface area contributed by atoms with Crippen LogP contribution in [0.2, 0.25) is 0 Å². The molecule has 0 radical (unpaired) electrons. The van der Waals surface area contributed by atoms with Gasteiger partial charge in [0.15, 0.2) is 5.11 Å². The number of thiocarbonyl (C=S) groups is 1. The smallest absolute Gasteiger partial charge is 0.257 e. The fraction of sp³-hybridized carbons (Fsp3) is 0.333. The second-order valence-corrected chi connectivity index (χ2v) is 9.58. The molecule has 1 aliphatic rings. The van der Waals surface area contributed by atoms with Crippen LogP contribution in [0.25, 0.3) is 0 Å². The lowest BCUT2D eigenvalue weighted by Gasteiger charge is -2.16. The molecule has 7 nitrogen and oxygen atoms in total. The predicted molar refractivity (Wildman–Crippen MR) is 120 cm³/mol. The van der Waals surface area contributed by atoms with Crippen LogP contribution in [0.4, 0.5) is 5.69 Å². The van der Waals surface area contributed by atoms with Gasteiger partial charge in [-0.15, -0.1) is 0 Å². The second-order valence-electron chi connectivity index (χ2n) is 7.23. The molecule has 0 aliphatic carbocycles. The molecule has 1 saturated heterocycles. The molecule has 1 amide bonds. The number of hydrogen-bond donors (Lipinski definition) is 2. The molecule has 30 heavy (non-hydrogen) atoms. The van der Waals surface area contributed by atoms with E-state index in [2.05, 4.69) is 10.6 Å². The zero-order valence-corrected chi connectivity index (χ0v) is 18.6. The highest BCUT2D eigenvalue weighted by atomic mass is 32.2. The van der Waals surface area contributed by atoms with Gasteiger partial charge >= 0.3 is 0 Å². The number of nitrogens with one attached hydrogen (secondary N) is 2. The highest BCUT2D eigenvalue weighted by Gasteiger charge is 2.26. The Labute approximate surface area is 182 Å².